The van der Waals surface area contributed by atoms with Gasteiger partial charge in [0.25, 0.3) is 0 Å². The van der Waals surface area contributed by atoms with Gasteiger partial charge in [-0.25, -0.2) is 9.18 Å². The van der Waals surface area contributed by atoms with E-state index in [0.29, 0.717) is 0 Å². The van der Waals surface area contributed by atoms with E-state index < -0.39 is 11.8 Å². The van der Waals surface area contributed by atoms with E-state index in [-0.39, 0.29) is 11.7 Å². The highest BCUT2D eigenvalue weighted by Crippen LogP contribution is 2.07. The summed E-state index contributed by atoms with van der Waals surface area (Å²) in [5.41, 5.74) is -0.0799. The monoisotopic (exact) mass is 183 g/mol. The average molecular weight is 183 g/mol. The fourth-order valence-electron chi connectivity index (χ4n) is 0.818. The number of halogens is 1. The largest absolute Gasteiger partial charge is 0.459 e. The minimum atomic E-state index is -0.659. The molecule has 0 aliphatic heterocycles. The number of esters is 1. The number of nitrogens with zero attached hydrogens (tertiary/aromatic N) is 1. The van der Waals surface area contributed by atoms with E-state index in [2.05, 4.69) is 4.98 Å². The molecule has 0 aromatic carbocycles. The molecule has 0 aliphatic carbocycles. The van der Waals surface area contributed by atoms with E-state index >= 15 is 0 Å². The first kappa shape index (κ1) is 9.64. The molecule has 0 saturated carbocycles. The van der Waals surface area contributed by atoms with Gasteiger partial charge in [0.05, 0.1) is 17.9 Å². The standard InChI is InChI=1S/C9H10FNO2/c1-6(2)13-9(12)7-3-4-11-5-8(7)10/h3-6H,1-2H3. The van der Waals surface area contributed by atoms with Crippen LogP contribution in [0.25, 0.3) is 0 Å². The lowest BCUT2D eigenvalue weighted by molar-refractivity contribution is 0.0372. The van der Waals surface area contributed by atoms with Crippen molar-refractivity contribution in [1.29, 1.82) is 0 Å². The van der Waals surface area contributed by atoms with Gasteiger partial charge in [0.1, 0.15) is 0 Å². The molecule has 13 heavy (non-hydrogen) atoms. The fraction of sp³-hybridized carbons (Fsp3) is 0.333. The average Bonchev–Trinajstić information content (AvgIpc) is 2.03. The van der Waals surface area contributed by atoms with Crippen molar-refractivity contribution in [3.05, 3.63) is 29.8 Å². The van der Waals surface area contributed by atoms with Gasteiger partial charge in [-0.1, -0.05) is 0 Å². The van der Waals surface area contributed by atoms with Gasteiger partial charge >= 0.3 is 5.97 Å². The molecule has 1 aromatic heterocycles. The molecule has 1 rings (SSSR count). The molecule has 0 radical (unpaired) electrons. The number of hydrogen-bond donors (Lipinski definition) is 0. The molecule has 70 valence electrons. The van der Waals surface area contributed by atoms with Crippen molar-refractivity contribution in [2.24, 2.45) is 0 Å². The molecule has 0 bridgehead atoms. The molecule has 1 aromatic rings. The number of rotatable bonds is 2. The zero-order chi connectivity index (χ0) is 9.84. The third kappa shape index (κ3) is 2.50. The summed E-state index contributed by atoms with van der Waals surface area (Å²) in [6.45, 7) is 3.41. The maximum absolute atomic E-state index is 12.9. The summed E-state index contributed by atoms with van der Waals surface area (Å²) in [6, 6.07) is 1.29. The molecule has 0 aliphatic rings. The minimum Gasteiger partial charge on any atom is -0.459 e. The molecule has 0 unspecified atom stereocenters. The van der Waals surface area contributed by atoms with Crippen LogP contribution in [-0.2, 0) is 4.74 Å². The maximum Gasteiger partial charge on any atom is 0.341 e. The molecular formula is C9H10FNO2. The lowest BCUT2D eigenvalue weighted by atomic mass is 10.2. The lowest BCUT2D eigenvalue weighted by Crippen LogP contribution is -2.13. The number of aromatic nitrogens is 1. The Hall–Kier alpha value is -1.45. The van der Waals surface area contributed by atoms with Gasteiger partial charge < -0.3 is 4.74 Å². The summed E-state index contributed by atoms with van der Waals surface area (Å²) in [5.74, 6) is -1.32. The van der Waals surface area contributed by atoms with Crippen molar-refractivity contribution >= 4 is 5.97 Å². The van der Waals surface area contributed by atoms with Crippen LogP contribution in [0.1, 0.15) is 24.2 Å². The fourth-order valence-corrected chi connectivity index (χ4v) is 0.818. The normalized spacial score (nSPS) is 10.2. The first-order valence-electron chi connectivity index (χ1n) is 3.91. The molecule has 0 amide bonds. The quantitative estimate of drug-likeness (QED) is 0.656. The summed E-state index contributed by atoms with van der Waals surface area (Å²) in [6.07, 6.45) is 2.08. The second-order valence-electron chi connectivity index (χ2n) is 2.81. The topological polar surface area (TPSA) is 39.2 Å². The Kier molecular flexibility index (Phi) is 2.95. The third-order valence-corrected chi connectivity index (χ3v) is 1.34. The van der Waals surface area contributed by atoms with Crippen molar-refractivity contribution in [2.75, 3.05) is 0 Å². The zero-order valence-corrected chi connectivity index (χ0v) is 7.45. The van der Waals surface area contributed by atoms with E-state index in [4.69, 9.17) is 4.74 Å². The van der Waals surface area contributed by atoms with Crippen molar-refractivity contribution < 1.29 is 13.9 Å². The Morgan fingerprint density at radius 3 is 2.85 bits per heavy atom. The molecule has 0 saturated heterocycles. The van der Waals surface area contributed by atoms with Gasteiger partial charge in [-0.2, -0.15) is 0 Å². The van der Waals surface area contributed by atoms with Crippen LogP contribution in [0.4, 0.5) is 4.39 Å². The van der Waals surface area contributed by atoms with Crippen molar-refractivity contribution in [2.45, 2.75) is 20.0 Å². The first-order chi connectivity index (χ1) is 6.11. The first-order valence-corrected chi connectivity index (χ1v) is 3.91. The third-order valence-electron chi connectivity index (χ3n) is 1.34. The van der Waals surface area contributed by atoms with Crippen molar-refractivity contribution in [3.63, 3.8) is 0 Å². The summed E-state index contributed by atoms with van der Waals surface area (Å²) >= 11 is 0. The second kappa shape index (κ2) is 3.98. The lowest BCUT2D eigenvalue weighted by Gasteiger charge is -2.07. The van der Waals surface area contributed by atoms with Crippen LogP contribution in [0.3, 0.4) is 0 Å². The smallest absolute Gasteiger partial charge is 0.341 e. The van der Waals surface area contributed by atoms with Crippen LogP contribution in [0.15, 0.2) is 18.5 Å². The van der Waals surface area contributed by atoms with Crippen LogP contribution in [0.2, 0.25) is 0 Å². The predicted molar refractivity (Wildman–Crippen MR) is 44.7 cm³/mol. The zero-order valence-electron chi connectivity index (χ0n) is 7.45. The molecule has 1 heterocycles. The minimum absolute atomic E-state index is 0.0799. The van der Waals surface area contributed by atoms with E-state index in [9.17, 15) is 9.18 Å². The SMILES string of the molecule is CC(C)OC(=O)c1ccncc1F. The van der Waals surface area contributed by atoms with E-state index in [1.807, 2.05) is 0 Å². The van der Waals surface area contributed by atoms with Crippen LogP contribution >= 0.6 is 0 Å². The second-order valence-corrected chi connectivity index (χ2v) is 2.81. The Bertz CT molecular complexity index is 312. The van der Waals surface area contributed by atoms with E-state index in [1.165, 1.54) is 12.3 Å². The summed E-state index contributed by atoms with van der Waals surface area (Å²) in [7, 11) is 0. The number of pyridine rings is 1. The number of hydrogen-bond acceptors (Lipinski definition) is 3. The van der Waals surface area contributed by atoms with Gasteiger partial charge in [0.2, 0.25) is 0 Å². The van der Waals surface area contributed by atoms with Gasteiger partial charge in [-0.15, -0.1) is 0 Å². The van der Waals surface area contributed by atoms with Crippen LogP contribution in [0.5, 0.6) is 0 Å². The summed E-state index contributed by atoms with van der Waals surface area (Å²) < 4.78 is 17.7. The highest BCUT2D eigenvalue weighted by atomic mass is 19.1. The van der Waals surface area contributed by atoms with Gasteiger partial charge in [0.15, 0.2) is 5.82 Å². The molecular weight excluding hydrogens is 173 g/mol. The number of ether oxygens (including phenoxy) is 1. The van der Waals surface area contributed by atoms with Gasteiger partial charge in [-0.05, 0) is 19.9 Å². The van der Waals surface area contributed by atoms with Gasteiger partial charge in [0, 0.05) is 6.20 Å². The predicted octanol–water partition coefficient (Wildman–Crippen LogP) is 1.79. The summed E-state index contributed by atoms with van der Waals surface area (Å²) in [4.78, 5) is 14.7. The number of carbonyl (C=O) groups is 1. The van der Waals surface area contributed by atoms with Crippen LogP contribution in [0, 0.1) is 5.82 Å². The van der Waals surface area contributed by atoms with E-state index in [0.717, 1.165) is 6.20 Å². The Morgan fingerprint density at radius 1 is 1.62 bits per heavy atom. The number of carbonyl (C=O) groups excluding carboxylic acids is 1. The molecule has 0 fully saturated rings. The van der Waals surface area contributed by atoms with Crippen LogP contribution in [-0.4, -0.2) is 17.1 Å². The summed E-state index contributed by atoms with van der Waals surface area (Å²) in [5, 5.41) is 0. The Labute approximate surface area is 75.6 Å². The molecule has 0 spiro atoms. The van der Waals surface area contributed by atoms with E-state index in [1.54, 1.807) is 13.8 Å². The molecule has 3 nitrogen and oxygen atoms in total. The van der Waals surface area contributed by atoms with Crippen LogP contribution < -0.4 is 0 Å². The highest BCUT2D eigenvalue weighted by Gasteiger charge is 2.13. The van der Waals surface area contributed by atoms with Crippen molar-refractivity contribution in [3.8, 4) is 0 Å². The maximum atomic E-state index is 12.9. The molecule has 0 N–H and O–H groups in total. The molecule has 4 heteroatoms. The Balaban J connectivity index is 2.83. The molecule has 0 atom stereocenters. The highest BCUT2D eigenvalue weighted by molar-refractivity contribution is 5.89. The van der Waals surface area contributed by atoms with Gasteiger partial charge in [-0.3, -0.25) is 4.98 Å². The van der Waals surface area contributed by atoms with Crippen molar-refractivity contribution in [1.82, 2.24) is 4.98 Å². The Morgan fingerprint density at radius 2 is 2.31 bits per heavy atom.